The van der Waals surface area contributed by atoms with Crippen LogP contribution < -0.4 is 16.0 Å². The van der Waals surface area contributed by atoms with Gasteiger partial charge in [0, 0.05) is 37.2 Å². The van der Waals surface area contributed by atoms with Gasteiger partial charge < -0.3 is 20.7 Å². The van der Waals surface area contributed by atoms with Gasteiger partial charge in [0.15, 0.2) is 11.5 Å². The number of amides is 1. The van der Waals surface area contributed by atoms with Crippen LogP contribution in [0.5, 0.6) is 0 Å². The Balaban J connectivity index is 1.26. The molecule has 3 aromatic heterocycles. The molecule has 42 heavy (non-hydrogen) atoms. The third kappa shape index (κ3) is 5.88. The first-order chi connectivity index (χ1) is 20.5. The lowest BCUT2D eigenvalue weighted by molar-refractivity contribution is 0.0673. The third-order valence-electron chi connectivity index (χ3n) is 6.92. The zero-order valence-corrected chi connectivity index (χ0v) is 23.4. The lowest BCUT2D eigenvalue weighted by atomic mass is 10.1. The van der Waals surface area contributed by atoms with Gasteiger partial charge in [-0.05, 0) is 55.7 Å². The Labute approximate surface area is 246 Å². The largest absolute Gasteiger partial charge is 0.381 e. The summed E-state index contributed by atoms with van der Waals surface area (Å²) in [6, 6.07) is 16.0. The van der Waals surface area contributed by atoms with E-state index < -0.39 is 0 Å². The van der Waals surface area contributed by atoms with Gasteiger partial charge in [0.25, 0.3) is 5.91 Å². The van der Waals surface area contributed by atoms with E-state index in [1.807, 2.05) is 23.7 Å². The van der Waals surface area contributed by atoms with Crippen molar-refractivity contribution in [2.75, 3.05) is 29.2 Å². The van der Waals surface area contributed by atoms with E-state index in [0.29, 0.717) is 64.8 Å². The number of carbonyl (C=O) groups excluding carboxylic acids is 1. The average Bonchev–Trinajstić information content (AvgIpc) is 3.63. The zero-order chi connectivity index (χ0) is 29.1. The summed E-state index contributed by atoms with van der Waals surface area (Å²) in [4.78, 5) is 22.6. The van der Waals surface area contributed by atoms with Crippen molar-refractivity contribution in [1.82, 2.24) is 29.9 Å². The summed E-state index contributed by atoms with van der Waals surface area (Å²) in [6.07, 6.45) is 3.47. The number of rotatable bonds is 8. The number of aryl methyl sites for hydroxylation is 1. The Bertz CT molecular complexity index is 1800. The molecule has 0 unspecified atom stereocenters. The Kier molecular flexibility index (Phi) is 7.68. The van der Waals surface area contributed by atoms with Crippen molar-refractivity contribution in [3.8, 4) is 6.07 Å². The van der Waals surface area contributed by atoms with E-state index >= 15 is 0 Å². The smallest absolute Gasteiger partial charge is 0.257 e. The molecule has 4 heterocycles. The molecule has 0 radical (unpaired) electrons. The number of nitrogens with one attached hydrogen (secondary N) is 4. The highest BCUT2D eigenvalue weighted by molar-refractivity contribution is 6.34. The van der Waals surface area contributed by atoms with Crippen LogP contribution in [0.15, 0.2) is 54.7 Å². The minimum Gasteiger partial charge on any atom is -0.381 e. The highest BCUT2D eigenvalue weighted by Crippen LogP contribution is 2.30. The van der Waals surface area contributed by atoms with Gasteiger partial charge in [0.05, 0.1) is 39.8 Å². The molecule has 1 saturated heterocycles. The summed E-state index contributed by atoms with van der Waals surface area (Å²) < 4.78 is 7.49. The first-order valence-corrected chi connectivity index (χ1v) is 13.8. The van der Waals surface area contributed by atoms with E-state index in [2.05, 4.69) is 37.3 Å². The maximum atomic E-state index is 13.0. The predicted octanol–water partition coefficient (Wildman–Crippen LogP) is 5.34. The van der Waals surface area contributed by atoms with Crippen LogP contribution in [-0.2, 0) is 11.3 Å². The molecule has 2 aromatic carbocycles. The number of fused-ring (bicyclic) bond motifs is 1. The summed E-state index contributed by atoms with van der Waals surface area (Å²) in [7, 11) is 0. The maximum absolute atomic E-state index is 13.0. The Morgan fingerprint density at radius 1 is 1.19 bits per heavy atom. The fourth-order valence-electron chi connectivity index (χ4n) is 4.80. The van der Waals surface area contributed by atoms with Gasteiger partial charge >= 0.3 is 0 Å². The molecule has 13 heteroatoms. The standard InChI is InChI=1S/C29H27ClN10O2/c1-17-11-25(39-38-17)35-26-23-16-33-40(21-7-9-42-10-8-21)27(23)37-29(36-26)32-15-19-5-6-24(30)22(13-19)28(41)34-20-4-2-3-18(12-20)14-31/h2-6,11-13,16,21H,7-10,15H2,1H3,(H,34,41)(H3,32,35,36,37,38,39). The molecule has 0 spiro atoms. The molecule has 0 saturated carbocycles. The van der Waals surface area contributed by atoms with Gasteiger partial charge in [-0.15, -0.1) is 0 Å². The summed E-state index contributed by atoms with van der Waals surface area (Å²) in [6.45, 7) is 3.61. The summed E-state index contributed by atoms with van der Waals surface area (Å²) in [5.41, 5.74) is 3.68. The van der Waals surface area contributed by atoms with E-state index in [1.54, 1.807) is 42.6 Å². The monoisotopic (exact) mass is 582 g/mol. The number of benzene rings is 2. The highest BCUT2D eigenvalue weighted by atomic mass is 35.5. The Hall–Kier alpha value is -4.99. The number of carbonyl (C=O) groups is 1. The molecule has 1 aliphatic rings. The minimum atomic E-state index is -0.379. The summed E-state index contributed by atoms with van der Waals surface area (Å²) in [5, 5.41) is 31.5. The molecular weight excluding hydrogens is 556 g/mol. The van der Waals surface area contributed by atoms with Gasteiger partial charge in [-0.3, -0.25) is 9.89 Å². The van der Waals surface area contributed by atoms with Crippen LogP contribution in [0.25, 0.3) is 11.0 Å². The van der Waals surface area contributed by atoms with Crippen LogP contribution in [0, 0.1) is 18.3 Å². The molecule has 0 bridgehead atoms. The number of hydrogen-bond acceptors (Lipinski definition) is 9. The number of aromatic amines is 1. The van der Waals surface area contributed by atoms with E-state index in [9.17, 15) is 4.79 Å². The van der Waals surface area contributed by atoms with Crippen LogP contribution in [0.2, 0.25) is 5.02 Å². The Morgan fingerprint density at radius 2 is 2.05 bits per heavy atom. The molecule has 0 aliphatic carbocycles. The van der Waals surface area contributed by atoms with Crippen molar-refractivity contribution in [2.45, 2.75) is 32.4 Å². The van der Waals surface area contributed by atoms with Gasteiger partial charge in [0.2, 0.25) is 5.95 Å². The number of ether oxygens (including phenoxy) is 1. The van der Waals surface area contributed by atoms with Gasteiger partial charge in [-0.1, -0.05) is 23.7 Å². The first kappa shape index (κ1) is 27.2. The molecule has 6 rings (SSSR count). The minimum absolute atomic E-state index is 0.172. The lowest BCUT2D eigenvalue weighted by Crippen LogP contribution is -2.21. The number of nitrogens with zero attached hydrogens (tertiary/aromatic N) is 6. The second-order valence-corrected chi connectivity index (χ2v) is 10.3. The van der Waals surface area contributed by atoms with Crippen molar-refractivity contribution in [3.05, 3.63) is 82.1 Å². The van der Waals surface area contributed by atoms with Crippen molar-refractivity contribution in [3.63, 3.8) is 0 Å². The van der Waals surface area contributed by atoms with Crippen LogP contribution in [-0.4, -0.2) is 49.1 Å². The first-order valence-electron chi connectivity index (χ1n) is 13.4. The molecule has 1 aliphatic heterocycles. The summed E-state index contributed by atoms with van der Waals surface area (Å²) >= 11 is 6.38. The SMILES string of the molecule is Cc1cc(Nc2nc(NCc3ccc(Cl)c(C(=O)Nc4cccc(C#N)c4)c3)nc3c2cnn3C2CCOCC2)n[nH]1. The number of H-pyrrole nitrogens is 1. The van der Waals surface area contributed by atoms with Crippen LogP contribution in [0.3, 0.4) is 0 Å². The summed E-state index contributed by atoms with van der Waals surface area (Å²) in [5.74, 6) is 1.21. The van der Waals surface area contributed by atoms with Crippen LogP contribution in [0.4, 0.5) is 23.3 Å². The average molecular weight is 583 g/mol. The molecular formula is C29H27ClN10O2. The fourth-order valence-corrected chi connectivity index (χ4v) is 5.01. The van der Waals surface area contributed by atoms with Crippen molar-refractivity contribution < 1.29 is 9.53 Å². The zero-order valence-electron chi connectivity index (χ0n) is 22.7. The molecule has 1 fully saturated rings. The van der Waals surface area contributed by atoms with Gasteiger partial charge in [-0.25, -0.2) is 4.68 Å². The maximum Gasteiger partial charge on any atom is 0.257 e. The topological polar surface area (TPSA) is 158 Å². The van der Waals surface area contributed by atoms with E-state index in [-0.39, 0.29) is 11.9 Å². The fraction of sp³-hybridized carbons (Fsp3) is 0.241. The van der Waals surface area contributed by atoms with Crippen molar-refractivity contribution in [2.24, 2.45) is 0 Å². The molecule has 0 atom stereocenters. The molecule has 12 nitrogen and oxygen atoms in total. The Morgan fingerprint density at radius 3 is 2.83 bits per heavy atom. The second kappa shape index (κ2) is 11.9. The number of halogens is 1. The van der Waals surface area contributed by atoms with Crippen molar-refractivity contribution >= 4 is 51.8 Å². The normalized spacial score (nSPS) is 13.5. The quantitative estimate of drug-likeness (QED) is 0.189. The van der Waals surface area contributed by atoms with Gasteiger partial charge in [0.1, 0.15) is 5.82 Å². The number of aromatic nitrogens is 6. The molecule has 212 valence electrons. The predicted molar refractivity (Wildman–Crippen MR) is 159 cm³/mol. The van der Waals surface area contributed by atoms with E-state index in [0.717, 1.165) is 29.5 Å². The highest BCUT2D eigenvalue weighted by Gasteiger charge is 2.22. The molecule has 4 N–H and O–H groups in total. The van der Waals surface area contributed by atoms with Crippen molar-refractivity contribution in [1.29, 1.82) is 5.26 Å². The van der Waals surface area contributed by atoms with E-state index in [4.69, 9.17) is 31.6 Å². The van der Waals surface area contributed by atoms with Crippen LogP contribution in [0.1, 0.15) is 46.1 Å². The number of anilines is 4. The third-order valence-corrected chi connectivity index (χ3v) is 7.25. The lowest BCUT2D eigenvalue weighted by Gasteiger charge is -2.22. The molecule has 1 amide bonds. The van der Waals surface area contributed by atoms with Gasteiger partial charge in [-0.2, -0.15) is 25.4 Å². The number of nitriles is 1. The van der Waals surface area contributed by atoms with E-state index in [1.165, 1.54) is 0 Å². The second-order valence-electron chi connectivity index (χ2n) is 9.94. The molecule has 5 aromatic rings. The number of hydrogen-bond donors (Lipinski definition) is 4. The van der Waals surface area contributed by atoms with Crippen LogP contribution >= 0.6 is 11.6 Å².